The van der Waals surface area contributed by atoms with E-state index >= 15 is 0 Å². The summed E-state index contributed by atoms with van der Waals surface area (Å²) in [6, 6.07) is 0.743. The molecule has 1 aromatic heterocycles. The maximum atomic E-state index is 4.96. The molecular formula is C16H30N6O. The Balaban J connectivity index is 1.79. The predicted molar refractivity (Wildman–Crippen MR) is 91.4 cm³/mol. The molecule has 1 fully saturated rings. The van der Waals surface area contributed by atoms with Crippen molar-refractivity contribution in [2.45, 2.75) is 59.0 Å². The summed E-state index contributed by atoms with van der Waals surface area (Å²) < 4.78 is 4.96. The highest BCUT2D eigenvalue weighted by atomic mass is 16.5. The van der Waals surface area contributed by atoms with Crippen LogP contribution in [-0.4, -0.2) is 53.2 Å². The predicted octanol–water partition coefficient (Wildman–Crippen LogP) is 1.70. The minimum atomic E-state index is 0.425. The van der Waals surface area contributed by atoms with Crippen molar-refractivity contribution in [3.05, 3.63) is 11.7 Å². The van der Waals surface area contributed by atoms with Crippen LogP contribution in [0.25, 0.3) is 0 Å². The molecule has 0 aliphatic carbocycles. The number of likely N-dealkylation sites (tertiary alicyclic amines) is 1. The van der Waals surface area contributed by atoms with E-state index in [4.69, 9.17) is 4.52 Å². The number of aryl methyl sites for hydroxylation is 1. The first-order chi connectivity index (χ1) is 11.2. The molecule has 1 aliphatic rings. The zero-order chi connectivity index (χ0) is 16.5. The molecule has 130 valence electrons. The first kappa shape index (κ1) is 17.7. The van der Waals surface area contributed by atoms with E-state index in [0.29, 0.717) is 18.3 Å². The summed E-state index contributed by atoms with van der Waals surface area (Å²) in [5, 5.41) is 10.5. The van der Waals surface area contributed by atoms with Crippen LogP contribution < -0.4 is 10.6 Å². The first-order valence-corrected chi connectivity index (χ1v) is 8.78. The van der Waals surface area contributed by atoms with Crippen molar-refractivity contribution in [3.63, 3.8) is 0 Å². The van der Waals surface area contributed by atoms with E-state index in [1.807, 2.05) is 0 Å². The van der Waals surface area contributed by atoms with Crippen LogP contribution in [0.2, 0.25) is 0 Å². The highest BCUT2D eigenvalue weighted by Crippen LogP contribution is 2.18. The van der Waals surface area contributed by atoms with Crippen molar-refractivity contribution in [1.29, 1.82) is 0 Å². The second-order valence-electron chi connectivity index (χ2n) is 5.95. The minimum absolute atomic E-state index is 0.425. The van der Waals surface area contributed by atoms with E-state index in [-0.39, 0.29) is 0 Å². The molecule has 1 aliphatic heterocycles. The lowest BCUT2D eigenvalue weighted by atomic mass is 10.0. The van der Waals surface area contributed by atoms with Crippen molar-refractivity contribution in [2.24, 2.45) is 4.99 Å². The average molecular weight is 322 g/mol. The van der Waals surface area contributed by atoms with Gasteiger partial charge in [0.1, 0.15) is 6.54 Å². The number of hydrogen-bond donors (Lipinski definition) is 2. The van der Waals surface area contributed by atoms with Gasteiger partial charge in [-0.1, -0.05) is 18.5 Å². The van der Waals surface area contributed by atoms with Gasteiger partial charge in [0, 0.05) is 32.6 Å². The Bertz CT molecular complexity index is 487. The molecule has 23 heavy (non-hydrogen) atoms. The van der Waals surface area contributed by atoms with Gasteiger partial charge in [0.05, 0.1) is 0 Å². The lowest BCUT2D eigenvalue weighted by Crippen LogP contribution is -2.45. The Kier molecular flexibility index (Phi) is 7.32. The van der Waals surface area contributed by atoms with Crippen LogP contribution in [0.3, 0.4) is 0 Å². The van der Waals surface area contributed by atoms with Gasteiger partial charge in [-0.2, -0.15) is 4.98 Å². The first-order valence-electron chi connectivity index (χ1n) is 8.78. The third kappa shape index (κ3) is 5.82. The molecule has 0 saturated carbocycles. The van der Waals surface area contributed by atoms with Gasteiger partial charge < -0.3 is 15.2 Å². The lowest BCUT2D eigenvalue weighted by molar-refractivity contribution is 0.147. The third-order valence-electron chi connectivity index (χ3n) is 4.20. The van der Waals surface area contributed by atoms with Gasteiger partial charge >= 0.3 is 0 Å². The number of aliphatic imine (C=N–C) groups is 1. The van der Waals surface area contributed by atoms with Gasteiger partial charge in [-0.25, -0.2) is 4.99 Å². The Morgan fingerprint density at radius 3 is 2.91 bits per heavy atom. The van der Waals surface area contributed by atoms with Gasteiger partial charge in [0.15, 0.2) is 11.8 Å². The maximum Gasteiger partial charge on any atom is 0.223 e. The second-order valence-corrected chi connectivity index (χ2v) is 5.95. The molecule has 7 nitrogen and oxygen atoms in total. The fourth-order valence-electron chi connectivity index (χ4n) is 3.03. The summed E-state index contributed by atoms with van der Waals surface area (Å²) in [6.45, 7) is 10.6. The topological polar surface area (TPSA) is 78.6 Å². The summed E-state index contributed by atoms with van der Waals surface area (Å²) in [7, 11) is 0. The second kappa shape index (κ2) is 9.50. The summed E-state index contributed by atoms with van der Waals surface area (Å²) in [4.78, 5) is 11.3. The van der Waals surface area contributed by atoms with Gasteiger partial charge in [0.2, 0.25) is 5.89 Å². The van der Waals surface area contributed by atoms with Crippen LogP contribution in [0.5, 0.6) is 0 Å². The molecule has 0 aromatic carbocycles. The van der Waals surface area contributed by atoms with Crippen molar-refractivity contribution in [3.8, 4) is 0 Å². The van der Waals surface area contributed by atoms with Gasteiger partial charge in [0.25, 0.3) is 0 Å². The standard InChI is InChI=1S/C16H30N6O/c1-4-14-8-6-7-10-22(14)11-9-18-16(17-5-2)19-12-15-20-13(3)23-21-15/h14H,4-12H2,1-3H3,(H2,17,18,19). The summed E-state index contributed by atoms with van der Waals surface area (Å²) >= 11 is 0. The van der Waals surface area contributed by atoms with Crippen LogP contribution in [-0.2, 0) is 6.54 Å². The molecular weight excluding hydrogens is 292 g/mol. The Morgan fingerprint density at radius 2 is 2.22 bits per heavy atom. The number of nitrogens with zero attached hydrogens (tertiary/aromatic N) is 4. The van der Waals surface area contributed by atoms with Crippen molar-refractivity contribution < 1.29 is 4.52 Å². The quantitative estimate of drug-likeness (QED) is 0.587. The summed E-state index contributed by atoms with van der Waals surface area (Å²) in [5.41, 5.74) is 0. The highest BCUT2D eigenvalue weighted by Gasteiger charge is 2.19. The molecule has 0 bridgehead atoms. The molecule has 0 radical (unpaired) electrons. The molecule has 1 saturated heterocycles. The number of rotatable bonds is 7. The van der Waals surface area contributed by atoms with Crippen molar-refractivity contribution in [2.75, 3.05) is 26.2 Å². The normalized spacial score (nSPS) is 19.8. The van der Waals surface area contributed by atoms with E-state index in [1.54, 1.807) is 6.92 Å². The Morgan fingerprint density at radius 1 is 1.35 bits per heavy atom. The number of piperidine rings is 1. The Hall–Kier alpha value is -1.63. The zero-order valence-corrected chi connectivity index (χ0v) is 14.6. The molecule has 1 aromatic rings. The maximum absolute atomic E-state index is 4.96. The molecule has 7 heteroatoms. The Labute approximate surface area is 138 Å². The van der Waals surface area contributed by atoms with Gasteiger partial charge in [-0.15, -0.1) is 0 Å². The largest absolute Gasteiger partial charge is 0.357 e. The zero-order valence-electron chi connectivity index (χ0n) is 14.6. The molecule has 1 atom stereocenters. The fourth-order valence-corrected chi connectivity index (χ4v) is 3.03. The molecule has 0 spiro atoms. The average Bonchev–Trinajstić information content (AvgIpc) is 2.98. The van der Waals surface area contributed by atoms with Crippen LogP contribution in [0.1, 0.15) is 51.2 Å². The molecule has 1 unspecified atom stereocenters. The van der Waals surface area contributed by atoms with Crippen LogP contribution in [0.15, 0.2) is 9.52 Å². The van der Waals surface area contributed by atoms with Gasteiger partial charge in [-0.05, 0) is 32.7 Å². The number of hydrogen-bond acceptors (Lipinski definition) is 5. The molecule has 2 N–H and O–H groups in total. The highest BCUT2D eigenvalue weighted by molar-refractivity contribution is 5.79. The van der Waals surface area contributed by atoms with Crippen LogP contribution in [0.4, 0.5) is 0 Å². The molecule has 2 heterocycles. The monoisotopic (exact) mass is 322 g/mol. The fraction of sp³-hybridized carbons (Fsp3) is 0.812. The SMILES string of the molecule is CCNC(=NCc1noc(C)n1)NCCN1CCCCC1CC. The number of aromatic nitrogens is 2. The molecule has 2 rings (SSSR count). The van der Waals surface area contributed by atoms with E-state index in [0.717, 1.165) is 31.6 Å². The lowest BCUT2D eigenvalue weighted by Gasteiger charge is -2.35. The van der Waals surface area contributed by atoms with Crippen LogP contribution >= 0.6 is 0 Å². The third-order valence-corrected chi connectivity index (χ3v) is 4.20. The van der Waals surface area contributed by atoms with E-state index < -0.39 is 0 Å². The van der Waals surface area contributed by atoms with E-state index in [9.17, 15) is 0 Å². The number of nitrogens with one attached hydrogen (secondary N) is 2. The smallest absolute Gasteiger partial charge is 0.223 e. The van der Waals surface area contributed by atoms with Crippen molar-refractivity contribution >= 4 is 5.96 Å². The molecule has 0 amide bonds. The number of guanidine groups is 1. The van der Waals surface area contributed by atoms with Gasteiger partial charge in [-0.3, -0.25) is 4.90 Å². The summed E-state index contributed by atoms with van der Waals surface area (Å²) in [6.07, 6.45) is 5.27. The van der Waals surface area contributed by atoms with Crippen LogP contribution in [0, 0.1) is 6.92 Å². The van der Waals surface area contributed by atoms with E-state index in [1.165, 1.54) is 32.2 Å². The van der Waals surface area contributed by atoms with E-state index in [2.05, 4.69) is 44.5 Å². The van der Waals surface area contributed by atoms with Crippen molar-refractivity contribution in [1.82, 2.24) is 25.7 Å². The minimum Gasteiger partial charge on any atom is -0.357 e. The summed E-state index contributed by atoms with van der Waals surface area (Å²) in [5.74, 6) is 1.99.